The molecule has 0 N–H and O–H groups in total. The van der Waals surface area contributed by atoms with Gasteiger partial charge in [-0.2, -0.15) is 0 Å². The van der Waals surface area contributed by atoms with E-state index in [1.54, 1.807) is 0 Å². The summed E-state index contributed by atoms with van der Waals surface area (Å²) < 4.78 is 23.3. The highest BCUT2D eigenvalue weighted by Crippen LogP contribution is 2.26. The molecular weight excluding hydrogens is 381 g/mol. The highest BCUT2D eigenvalue weighted by atomic mass is 19.1. The van der Waals surface area contributed by atoms with Crippen LogP contribution in [-0.4, -0.2) is 23.8 Å². The Bertz CT molecular complexity index is 1080. The Morgan fingerprint density at radius 2 is 1.52 bits per heavy atom. The van der Waals surface area contributed by atoms with E-state index in [1.165, 1.54) is 67.8 Å². The van der Waals surface area contributed by atoms with Gasteiger partial charge in [0.2, 0.25) is 0 Å². The van der Waals surface area contributed by atoms with Crippen molar-refractivity contribution in [3.8, 4) is 11.5 Å². The second kappa shape index (κ2) is 8.30. The fourth-order valence-corrected chi connectivity index (χ4v) is 2.57. The number of nitro benzene ring substituents is 1. The van der Waals surface area contributed by atoms with Crippen LogP contribution >= 0.6 is 0 Å². The molecule has 3 rings (SSSR count). The van der Waals surface area contributed by atoms with Crippen LogP contribution in [0.5, 0.6) is 11.5 Å². The zero-order valence-electron chi connectivity index (χ0n) is 15.1. The first-order valence-corrected chi connectivity index (χ1v) is 8.34. The van der Waals surface area contributed by atoms with Gasteiger partial charge >= 0.3 is 5.97 Å². The van der Waals surface area contributed by atoms with E-state index in [4.69, 9.17) is 9.47 Å². The monoisotopic (exact) mass is 395 g/mol. The minimum Gasteiger partial charge on any atom is -0.496 e. The molecule has 0 saturated carbocycles. The summed E-state index contributed by atoms with van der Waals surface area (Å²) in [5.41, 5.74) is 0.257. The Morgan fingerprint density at radius 3 is 2.07 bits per heavy atom. The van der Waals surface area contributed by atoms with Crippen molar-refractivity contribution in [1.29, 1.82) is 0 Å². The van der Waals surface area contributed by atoms with Crippen molar-refractivity contribution in [2.24, 2.45) is 0 Å². The van der Waals surface area contributed by atoms with Crippen LogP contribution in [0.3, 0.4) is 0 Å². The largest absolute Gasteiger partial charge is 0.496 e. The number of rotatable bonds is 6. The molecule has 0 aromatic heterocycles. The number of benzene rings is 3. The van der Waals surface area contributed by atoms with E-state index in [2.05, 4.69) is 0 Å². The van der Waals surface area contributed by atoms with Crippen LogP contribution in [0.4, 0.5) is 10.1 Å². The van der Waals surface area contributed by atoms with E-state index in [-0.39, 0.29) is 28.5 Å². The van der Waals surface area contributed by atoms with Crippen molar-refractivity contribution >= 4 is 17.4 Å². The zero-order valence-corrected chi connectivity index (χ0v) is 15.1. The first-order chi connectivity index (χ1) is 13.9. The Labute approximate surface area is 164 Å². The molecule has 0 saturated heterocycles. The average Bonchev–Trinajstić information content (AvgIpc) is 2.73. The highest BCUT2D eigenvalue weighted by Gasteiger charge is 2.19. The first kappa shape index (κ1) is 19.7. The molecule has 3 aromatic rings. The lowest BCUT2D eigenvalue weighted by atomic mass is 10.0. The number of hydrogen-bond acceptors (Lipinski definition) is 6. The van der Waals surface area contributed by atoms with Crippen LogP contribution in [-0.2, 0) is 0 Å². The van der Waals surface area contributed by atoms with Gasteiger partial charge in [0.1, 0.15) is 22.9 Å². The van der Waals surface area contributed by atoms with Gasteiger partial charge < -0.3 is 9.47 Å². The summed E-state index contributed by atoms with van der Waals surface area (Å²) in [4.78, 5) is 35.1. The summed E-state index contributed by atoms with van der Waals surface area (Å²) >= 11 is 0. The lowest BCUT2D eigenvalue weighted by molar-refractivity contribution is -0.384. The Kier molecular flexibility index (Phi) is 5.64. The van der Waals surface area contributed by atoms with Crippen molar-refractivity contribution in [1.82, 2.24) is 0 Å². The maximum atomic E-state index is 13.0. The molecule has 0 bridgehead atoms. The summed E-state index contributed by atoms with van der Waals surface area (Å²) in [6.07, 6.45) is 0. The third kappa shape index (κ3) is 4.44. The summed E-state index contributed by atoms with van der Waals surface area (Å²) in [5.74, 6) is -1.34. The predicted octanol–water partition coefficient (Wildman–Crippen LogP) is 4.19. The Hall–Kier alpha value is -4.07. The lowest BCUT2D eigenvalue weighted by Gasteiger charge is -2.09. The maximum Gasteiger partial charge on any atom is 0.347 e. The third-order valence-electron chi connectivity index (χ3n) is 4.05. The summed E-state index contributed by atoms with van der Waals surface area (Å²) in [5, 5.41) is 10.9. The number of ketones is 1. The molecule has 0 fully saturated rings. The first-order valence-electron chi connectivity index (χ1n) is 8.34. The number of methoxy groups -OCH3 is 1. The highest BCUT2D eigenvalue weighted by molar-refractivity contribution is 6.09. The molecule has 0 aliphatic carbocycles. The molecule has 0 spiro atoms. The van der Waals surface area contributed by atoms with E-state index in [0.29, 0.717) is 11.1 Å². The number of non-ortho nitro benzene ring substituents is 1. The maximum absolute atomic E-state index is 13.0. The molecule has 0 atom stereocenters. The van der Waals surface area contributed by atoms with E-state index in [9.17, 15) is 24.1 Å². The van der Waals surface area contributed by atoms with Gasteiger partial charge in [0.15, 0.2) is 5.78 Å². The fraction of sp³-hybridized carbons (Fsp3) is 0.0476. The predicted molar refractivity (Wildman–Crippen MR) is 101 cm³/mol. The fourth-order valence-electron chi connectivity index (χ4n) is 2.57. The lowest BCUT2D eigenvalue weighted by Crippen LogP contribution is -2.11. The summed E-state index contributed by atoms with van der Waals surface area (Å²) in [6, 6.07) is 14.5. The molecule has 0 aliphatic heterocycles. The van der Waals surface area contributed by atoms with E-state index in [0.717, 1.165) is 6.07 Å². The number of nitrogens with zero attached hydrogens (tertiary/aromatic N) is 1. The number of halogens is 1. The normalized spacial score (nSPS) is 10.3. The van der Waals surface area contributed by atoms with Crippen molar-refractivity contribution in [2.45, 2.75) is 0 Å². The van der Waals surface area contributed by atoms with Gasteiger partial charge in [-0.25, -0.2) is 9.18 Å². The van der Waals surface area contributed by atoms with Crippen molar-refractivity contribution in [3.05, 3.63) is 99.4 Å². The second-order valence-corrected chi connectivity index (χ2v) is 5.89. The molecule has 3 aromatic carbocycles. The minimum atomic E-state index is -0.844. The van der Waals surface area contributed by atoms with Gasteiger partial charge in [-0.3, -0.25) is 14.9 Å². The number of esters is 1. The minimum absolute atomic E-state index is 0.104. The van der Waals surface area contributed by atoms with Gasteiger partial charge in [-0.05, 0) is 54.6 Å². The third-order valence-corrected chi connectivity index (χ3v) is 4.05. The molecule has 0 radical (unpaired) electrons. The molecule has 8 heteroatoms. The molecular formula is C21H14FNO6. The number of nitro groups is 1. The molecule has 0 aliphatic rings. The van der Waals surface area contributed by atoms with Gasteiger partial charge in [0.25, 0.3) is 5.69 Å². The van der Waals surface area contributed by atoms with Gasteiger partial charge in [-0.15, -0.1) is 0 Å². The van der Waals surface area contributed by atoms with Crippen LogP contribution in [0.25, 0.3) is 0 Å². The molecule has 0 heterocycles. The molecule has 146 valence electrons. The van der Waals surface area contributed by atoms with Crippen LogP contribution in [0.1, 0.15) is 26.3 Å². The summed E-state index contributed by atoms with van der Waals surface area (Å²) in [7, 11) is 1.33. The molecule has 29 heavy (non-hydrogen) atoms. The number of carbonyl (C=O) groups excluding carboxylic acids is 2. The number of hydrogen-bond donors (Lipinski definition) is 0. The topological polar surface area (TPSA) is 95.7 Å². The molecule has 0 amide bonds. The van der Waals surface area contributed by atoms with Gasteiger partial charge in [-0.1, -0.05) is 0 Å². The quantitative estimate of drug-likeness (QED) is 0.204. The van der Waals surface area contributed by atoms with Gasteiger partial charge in [0.05, 0.1) is 12.0 Å². The second-order valence-electron chi connectivity index (χ2n) is 5.89. The number of carbonyl (C=O) groups is 2. The van der Waals surface area contributed by atoms with Crippen LogP contribution in [0.15, 0.2) is 66.7 Å². The number of ether oxygens (including phenoxy) is 2. The average molecular weight is 395 g/mol. The van der Waals surface area contributed by atoms with Crippen LogP contribution < -0.4 is 9.47 Å². The summed E-state index contributed by atoms with van der Waals surface area (Å²) in [6.45, 7) is 0. The van der Waals surface area contributed by atoms with E-state index >= 15 is 0 Å². The molecule has 7 nitrogen and oxygen atoms in total. The zero-order chi connectivity index (χ0) is 21.0. The van der Waals surface area contributed by atoms with Crippen molar-refractivity contribution < 1.29 is 28.4 Å². The SMILES string of the molecule is COc1ccc([N+](=O)[O-])cc1C(=O)Oc1ccc(C(=O)c2ccc(F)cc2)cc1. The molecule has 0 unspecified atom stereocenters. The van der Waals surface area contributed by atoms with Gasteiger partial charge in [0, 0.05) is 23.3 Å². The van der Waals surface area contributed by atoms with E-state index < -0.39 is 16.7 Å². The Balaban J connectivity index is 1.78. The smallest absolute Gasteiger partial charge is 0.347 e. The standard InChI is InChI=1S/C21H14FNO6/c1-28-19-11-8-16(23(26)27)12-18(19)21(25)29-17-9-4-14(5-10-17)20(24)13-2-6-15(22)7-3-13/h2-12H,1H3. The van der Waals surface area contributed by atoms with Crippen LogP contribution in [0, 0.1) is 15.9 Å². The van der Waals surface area contributed by atoms with Crippen LogP contribution in [0.2, 0.25) is 0 Å². The van der Waals surface area contributed by atoms with Crippen molar-refractivity contribution in [2.75, 3.05) is 7.11 Å². The van der Waals surface area contributed by atoms with Crippen molar-refractivity contribution in [3.63, 3.8) is 0 Å². The van der Waals surface area contributed by atoms with E-state index in [1.807, 2.05) is 0 Å². The Morgan fingerprint density at radius 1 is 0.931 bits per heavy atom.